The summed E-state index contributed by atoms with van der Waals surface area (Å²) in [6.07, 6.45) is 3.90. The van der Waals surface area contributed by atoms with E-state index >= 15 is 0 Å². The van der Waals surface area contributed by atoms with E-state index < -0.39 is 0 Å². The number of rotatable bonds is 2. The number of hydrogen-bond acceptors (Lipinski definition) is 3. The number of pyridine rings is 1. The fraction of sp³-hybridized carbons (Fsp3) is 0.250. The van der Waals surface area contributed by atoms with Gasteiger partial charge in [-0.25, -0.2) is 0 Å². The highest BCUT2D eigenvalue weighted by Crippen LogP contribution is 2.22. The Morgan fingerprint density at radius 3 is 2.26 bits per heavy atom. The molecule has 0 unspecified atom stereocenters. The molecule has 2 rings (SSSR count). The molecule has 0 aliphatic carbocycles. The molecule has 0 spiro atoms. The minimum atomic E-state index is 0.198. The molecule has 102 valence electrons. The van der Waals surface area contributed by atoms with Crippen molar-refractivity contribution < 1.29 is 9.90 Å². The van der Waals surface area contributed by atoms with E-state index in [-0.39, 0.29) is 5.75 Å². The minimum Gasteiger partial charge on any atom is -0.508 e. The van der Waals surface area contributed by atoms with Crippen LogP contribution in [0.1, 0.15) is 38.1 Å². The highest BCUT2D eigenvalue weighted by atomic mass is 16.3. The lowest BCUT2D eigenvalue weighted by Crippen LogP contribution is -1.85. The summed E-state index contributed by atoms with van der Waals surface area (Å²) in [6, 6.07) is 8.56. The van der Waals surface area contributed by atoms with Crippen LogP contribution in [0.3, 0.4) is 0 Å². The maximum Gasteiger partial charge on any atom is 0.151 e. The first-order chi connectivity index (χ1) is 9.29. The van der Waals surface area contributed by atoms with Crippen molar-refractivity contribution in [2.75, 3.05) is 0 Å². The summed E-state index contributed by atoms with van der Waals surface area (Å²) in [5.74, 6) is 0.198. The van der Waals surface area contributed by atoms with Crippen LogP contribution in [0, 0.1) is 0 Å². The van der Waals surface area contributed by atoms with Gasteiger partial charge in [-0.1, -0.05) is 39.8 Å². The first kappa shape index (κ1) is 16.8. The molecule has 0 fully saturated rings. The van der Waals surface area contributed by atoms with E-state index in [1.54, 1.807) is 30.5 Å². The monoisotopic (exact) mass is 259 g/mol. The molecule has 19 heavy (non-hydrogen) atoms. The predicted octanol–water partition coefficient (Wildman–Crippen LogP) is 4.32. The SMILES string of the molecule is CC.CC.O=Cc1cncc(-c2cccc(O)c2)c1. The highest BCUT2D eigenvalue weighted by Gasteiger charge is 2.00. The van der Waals surface area contributed by atoms with Crippen LogP contribution < -0.4 is 0 Å². The van der Waals surface area contributed by atoms with Gasteiger partial charge in [0.1, 0.15) is 5.75 Å². The van der Waals surface area contributed by atoms with Crippen LogP contribution in [0.2, 0.25) is 0 Å². The number of carbonyl (C=O) groups excluding carboxylic acids is 1. The van der Waals surface area contributed by atoms with Gasteiger partial charge in [-0.3, -0.25) is 9.78 Å². The number of hydrogen-bond donors (Lipinski definition) is 1. The van der Waals surface area contributed by atoms with E-state index in [1.165, 1.54) is 6.20 Å². The molecule has 0 atom stereocenters. The third-order valence-corrected chi connectivity index (χ3v) is 2.07. The minimum absolute atomic E-state index is 0.198. The molecule has 2 aromatic rings. The number of aldehydes is 1. The Morgan fingerprint density at radius 1 is 1.00 bits per heavy atom. The van der Waals surface area contributed by atoms with Crippen molar-refractivity contribution in [2.45, 2.75) is 27.7 Å². The second-order valence-electron chi connectivity index (χ2n) is 3.18. The smallest absolute Gasteiger partial charge is 0.151 e. The van der Waals surface area contributed by atoms with Gasteiger partial charge in [0.25, 0.3) is 0 Å². The molecule has 0 aliphatic heterocycles. The molecule has 1 heterocycles. The van der Waals surface area contributed by atoms with Gasteiger partial charge >= 0.3 is 0 Å². The molecular weight excluding hydrogens is 238 g/mol. The molecule has 0 radical (unpaired) electrons. The average Bonchev–Trinajstić information content (AvgIpc) is 2.51. The average molecular weight is 259 g/mol. The molecule has 0 aliphatic rings. The van der Waals surface area contributed by atoms with Crippen LogP contribution in [0.4, 0.5) is 0 Å². The first-order valence-corrected chi connectivity index (χ1v) is 6.49. The standard InChI is InChI=1S/C12H9NO2.2C2H6/c14-8-9-4-11(7-13-6-9)10-2-1-3-12(15)5-10;2*1-2/h1-8,15H;2*1-2H3. The largest absolute Gasteiger partial charge is 0.508 e. The quantitative estimate of drug-likeness (QED) is 0.817. The maximum atomic E-state index is 10.6. The first-order valence-electron chi connectivity index (χ1n) is 6.49. The Morgan fingerprint density at radius 2 is 1.68 bits per heavy atom. The van der Waals surface area contributed by atoms with Crippen molar-refractivity contribution in [3.05, 3.63) is 48.3 Å². The molecular formula is C16H21NO2. The highest BCUT2D eigenvalue weighted by molar-refractivity contribution is 5.78. The summed E-state index contributed by atoms with van der Waals surface area (Å²) >= 11 is 0. The van der Waals surface area contributed by atoms with Crippen LogP contribution in [0.25, 0.3) is 11.1 Å². The van der Waals surface area contributed by atoms with E-state index in [0.29, 0.717) is 5.56 Å². The van der Waals surface area contributed by atoms with Gasteiger partial charge in [0, 0.05) is 23.5 Å². The number of carbonyl (C=O) groups is 1. The summed E-state index contributed by atoms with van der Waals surface area (Å²) in [6.45, 7) is 8.00. The molecule has 0 saturated carbocycles. The number of benzene rings is 1. The van der Waals surface area contributed by atoms with Crippen molar-refractivity contribution in [1.82, 2.24) is 4.98 Å². The third-order valence-electron chi connectivity index (χ3n) is 2.07. The maximum absolute atomic E-state index is 10.6. The Bertz CT molecular complexity index is 496. The van der Waals surface area contributed by atoms with E-state index in [2.05, 4.69) is 4.98 Å². The van der Waals surface area contributed by atoms with Crippen molar-refractivity contribution in [1.29, 1.82) is 0 Å². The van der Waals surface area contributed by atoms with Gasteiger partial charge in [-0.15, -0.1) is 0 Å². The van der Waals surface area contributed by atoms with E-state index in [0.717, 1.165) is 17.4 Å². The van der Waals surface area contributed by atoms with Crippen LogP contribution >= 0.6 is 0 Å². The molecule has 0 bridgehead atoms. The second kappa shape index (κ2) is 9.83. The van der Waals surface area contributed by atoms with Crippen LogP contribution in [0.5, 0.6) is 5.75 Å². The lowest BCUT2D eigenvalue weighted by Gasteiger charge is -2.01. The summed E-state index contributed by atoms with van der Waals surface area (Å²) in [7, 11) is 0. The summed E-state index contributed by atoms with van der Waals surface area (Å²) in [5.41, 5.74) is 2.18. The number of aromatic hydroxyl groups is 1. The van der Waals surface area contributed by atoms with Gasteiger partial charge in [-0.2, -0.15) is 0 Å². The normalized spacial score (nSPS) is 8.42. The van der Waals surface area contributed by atoms with Gasteiger partial charge in [0.2, 0.25) is 0 Å². The zero-order valence-corrected chi connectivity index (χ0v) is 11.9. The Hall–Kier alpha value is -2.16. The lowest BCUT2D eigenvalue weighted by atomic mass is 10.1. The van der Waals surface area contributed by atoms with E-state index in [9.17, 15) is 9.90 Å². The Balaban J connectivity index is 0.000000741. The fourth-order valence-electron chi connectivity index (χ4n) is 1.37. The number of phenolic OH excluding ortho intramolecular Hbond substituents is 1. The molecule has 1 aromatic heterocycles. The fourth-order valence-corrected chi connectivity index (χ4v) is 1.37. The topological polar surface area (TPSA) is 50.2 Å². The molecule has 0 amide bonds. The predicted molar refractivity (Wildman–Crippen MR) is 79.4 cm³/mol. The number of phenols is 1. The zero-order valence-electron chi connectivity index (χ0n) is 11.9. The van der Waals surface area contributed by atoms with E-state index in [4.69, 9.17) is 0 Å². The van der Waals surface area contributed by atoms with E-state index in [1.807, 2.05) is 33.8 Å². The second-order valence-corrected chi connectivity index (χ2v) is 3.18. The number of nitrogens with zero attached hydrogens (tertiary/aromatic N) is 1. The van der Waals surface area contributed by atoms with Gasteiger partial charge in [0.15, 0.2) is 6.29 Å². The molecule has 1 aromatic carbocycles. The van der Waals surface area contributed by atoms with Gasteiger partial charge < -0.3 is 5.11 Å². The Labute approximate surface area is 115 Å². The van der Waals surface area contributed by atoms with Crippen LogP contribution in [-0.4, -0.2) is 16.4 Å². The molecule has 0 saturated heterocycles. The van der Waals surface area contributed by atoms with Crippen molar-refractivity contribution >= 4 is 6.29 Å². The zero-order chi connectivity index (χ0) is 14.7. The lowest BCUT2D eigenvalue weighted by molar-refractivity contribution is 0.112. The molecule has 3 nitrogen and oxygen atoms in total. The summed E-state index contributed by atoms with van der Waals surface area (Å²) in [4.78, 5) is 14.5. The van der Waals surface area contributed by atoms with Crippen molar-refractivity contribution in [2.24, 2.45) is 0 Å². The van der Waals surface area contributed by atoms with Crippen LogP contribution in [-0.2, 0) is 0 Å². The number of aromatic nitrogens is 1. The van der Waals surface area contributed by atoms with Crippen LogP contribution in [0.15, 0.2) is 42.7 Å². The summed E-state index contributed by atoms with van der Waals surface area (Å²) < 4.78 is 0. The summed E-state index contributed by atoms with van der Waals surface area (Å²) in [5, 5.41) is 9.31. The molecule has 1 N–H and O–H groups in total. The Kier molecular flexibility index (Phi) is 8.71. The van der Waals surface area contributed by atoms with Gasteiger partial charge in [0.05, 0.1) is 0 Å². The molecule has 3 heteroatoms. The van der Waals surface area contributed by atoms with Crippen molar-refractivity contribution in [3.8, 4) is 16.9 Å². The van der Waals surface area contributed by atoms with Crippen molar-refractivity contribution in [3.63, 3.8) is 0 Å². The van der Waals surface area contributed by atoms with Gasteiger partial charge in [-0.05, 0) is 23.8 Å². The third kappa shape index (κ3) is 5.34.